The summed E-state index contributed by atoms with van der Waals surface area (Å²) < 4.78 is 0.483. The molecule has 0 aliphatic carbocycles. The number of H-pyrrole nitrogens is 1. The molecule has 0 amide bonds. The lowest BCUT2D eigenvalue weighted by atomic mass is 10.2. The lowest BCUT2D eigenvalue weighted by Crippen LogP contribution is -1.70. The average Bonchev–Trinajstić information content (AvgIpc) is 2.56. The van der Waals surface area contributed by atoms with Crippen LogP contribution < -0.4 is 0 Å². The summed E-state index contributed by atoms with van der Waals surface area (Å²) >= 11 is 6.07. The summed E-state index contributed by atoms with van der Waals surface area (Å²) in [7, 11) is 0. The van der Waals surface area contributed by atoms with Crippen molar-refractivity contribution in [3.05, 3.63) is 33.8 Å². The van der Waals surface area contributed by atoms with E-state index >= 15 is 0 Å². The average molecular weight is 251 g/mol. The van der Waals surface area contributed by atoms with Gasteiger partial charge in [-0.2, -0.15) is 0 Å². The molecule has 2 N–H and O–H groups in total. The molecule has 4 nitrogen and oxygen atoms in total. The fraction of sp³-hybridized carbons (Fsp3) is 0.100. The van der Waals surface area contributed by atoms with Crippen LogP contribution >= 0.6 is 23.6 Å². The summed E-state index contributed by atoms with van der Waals surface area (Å²) in [5.74, 6) is -0.0349. The highest BCUT2D eigenvalue weighted by Crippen LogP contribution is 2.32. The summed E-state index contributed by atoms with van der Waals surface area (Å²) in [6.07, 6.45) is 0. The molecule has 0 aliphatic heterocycles. The Labute approximate surface area is 101 Å². The number of hydrogen-bond donors (Lipinski definition) is 2. The summed E-state index contributed by atoms with van der Waals surface area (Å²) in [6.45, 7) is 1.95. The van der Waals surface area contributed by atoms with Crippen molar-refractivity contribution in [1.82, 2.24) is 4.98 Å². The van der Waals surface area contributed by atoms with Crippen molar-refractivity contribution in [3.8, 4) is 5.88 Å². The summed E-state index contributed by atoms with van der Waals surface area (Å²) in [5.41, 5.74) is 1.81. The van der Waals surface area contributed by atoms with Gasteiger partial charge >= 0.3 is 0 Å². The number of hydrogen-bond acceptors (Lipinski definition) is 5. The lowest BCUT2D eigenvalue weighted by molar-refractivity contribution is 0.458. The minimum absolute atomic E-state index is 0.0349. The SMILES string of the molecule is Cc1ccccc1N=Nc1sc(=S)[nH]c1O. The van der Waals surface area contributed by atoms with Gasteiger partial charge in [-0.25, -0.2) is 0 Å². The molecule has 1 aromatic heterocycles. The Balaban J connectivity index is 2.32. The first-order chi connectivity index (χ1) is 7.66. The van der Waals surface area contributed by atoms with Crippen LogP contribution in [0, 0.1) is 10.9 Å². The smallest absolute Gasteiger partial charge is 0.229 e. The van der Waals surface area contributed by atoms with E-state index in [2.05, 4.69) is 15.2 Å². The molecule has 0 unspecified atom stereocenters. The van der Waals surface area contributed by atoms with E-state index in [0.717, 1.165) is 11.3 Å². The highest BCUT2D eigenvalue weighted by atomic mass is 32.1. The van der Waals surface area contributed by atoms with E-state index in [1.165, 1.54) is 11.3 Å². The molecule has 0 atom stereocenters. The highest BCUT2D eigenvalue weighted by Gasteiger charge is 2.03. The zero-order chi connectivity index (χ0) is 11.5. The molecule has 0 bridgehead atoms. The quantitative estimate of drug-likeness (QED) is 0.619. The van der Waals surface area contributed by atoms with Gasteiger partial charge in [-0.15, -0.1) is 10.2 Å². The Bertz CT molecular complexity index is 586. The number of nitrogens with one attached hydrogen (secondary N) is 1. The van der Waals surface area contributed by atoms with Gasteiger partial charge in [-0.3, -0.25) is 0 Å². The first-order valence-corrected chi connectivity index (χ1v) is 5.79. The van der Waals surface area contributed by atoms with Crippen LogP contribution in [-0.4, -0.2) is 10.1 Å². The van der Waals surface area contributed by atoms with E-state index in [1.54, 1.807) is 0 Å². The second-order valence-electron chi connectivity index (χ2n) is 3.15. The fourth-order valence-corrected chi connectivity index (χ4v) is 2.04. The van der Waals surface area contributed by atoms with Crippen LogP contribution in [0.2, 0.25) is 0 Å². The molecule has 1 aromatic carbocycles. The van der Waals surface area contributed by atoms with Gasteiger partial charge in [-0.1, -0.05) is 29.5 Å². The molecule has 82 valence electrons. The standard InChI is InChI=1S/C10H9N3OS2/c1-6-4-2-3-5-7(6)12-13-9-8(14)11-10(15)16-9/h2-5,14H,1H3,(H,11,15). The molecule has 0 fully saturated rings. The topological polar surface area (TPSA) is 60.7 Å². The normalized spacial score (nSPS) is 11.1. The Hall–Kier alpha value is -1.53. The number of rotatable bonds is 2. The maximum absolute atomic E-state index is 9.41. The molecule has 0 radical (unpaired) electrons. The Morgan fingerprint density at radius 3 is 2.69 bits per heavy atom. The monoisotopic (exact) mass is 251 g/mol. The van der Waals surface area contributed by atoms with Gasteiger partial charge in [0.2, 0.25) is 10.9 Å². The molecule has 1 heterocycles. The summed E-state index contributed by atoms with van der Waals surface area (Å²) in [5, 5.41) is 17.8. The van der Waals surface area contributed by atoms with Crippen molar-refractivity contribution in [2.24, 2.45) is 10.2 Å². The summed E-state index contributed by atoms with van der Waals surface area (Å²) in [4.78, 5) is 2.59. The van der Waals surface area contributed by atoms with Crippen molar-refractivity contribution < 1.29 is 5.11 Å². The first-order valence-electron chi connectivity index (χ1n) is 4.56. The third-order valence-corrected chi connectivity index (χ3v) is 3.08. The minimum Gasteiger partial charge on any atom is -0.492 e. The van der Waals surface area contributed by atoms with E-state index in [9.17, 15) is 5.11 Å². The minimum atomic E-state index is -0.0349. The maximum Gasteiger partial charge on any atom is 0.229 e. The van der Waals surface area contributed by atoms with Crippen LogP contribution in [0.4, 0.5) is 10.7 Å². The first kappa shape index (κ1) is 11.0. The number of aryl methyl sites for hydroxylation is 1. The molecule has 6 heteroatoms. The number of azo groups is 1. The van der Waals surface area contributed by atoms with Crippen LogP contribution in [0.3, 0.4) is 0 Å². The molecule has 2 aromatic rings. The maximum atomic E-state index is 9.41. The van der Waals surface area contributed by atoms with Crippen molar-refractivity contribution >= 4 is 34.2 Å². The van der Waals surface area contributed by atoms with Crippen LogP contribution in [0.5, 0.6) is 5.88 Å². The van der Waals surface area contributed by atoms with Crippen molar-refractivity contribution in [2.75, 3.05) is 0 Å². The largest absolute Gasteiger partial charge is 0.492 e. The highest BCUT2D eigenvalue weighted by molar-refractivity contribution is 7.73. The van der Waals surface area contributed by atoms with Crippen LogP contribution in [0.25, 0.3) is 0 Å². The van der Waals surface area contributed by atoms with Gasteiger partial charge in [0, 0.05) is 0 Å². The molecule has 0 spiro atoms. The number of nitrogens with zero attached hydrogens (tertiary/aromatic N) is 2. The van der Waals surface area contributed by atoms with E-state index in [4.69, 9.17) is 12.2 Å². The molecule has 16 heavy (non-hydrogen) atoms. The van der Waals surface area contributed by atoms with E-state index in [1.807, 2.05) is 31.2 Å². The lowest BCUT2D eigenvalue weighted by Gasteiger charge is -1.95. The molecular formula is C10H9N3OS2. The van der Waals surface area contributed by atoms with Gasteiger partial charge in [0.25, 0.3) is 0 Å². The van der Waals surface area contributed by atoms with Crippen molar-refractivity contribution in [2.45, 2.75) is 6.92 Å². The second-order valence-corrected chi connectivity index (χ2v) is 4.82. The molecular weight excluding hydrogens is 242 g/mol. The second kappa shape index (κ2) is 4.54. The van der Waals surface area contributed by atoms with Gasteiger partial charge in [0.15, 0.2) is 3.95 Å². The number of thiazole rings is 1. The predicted molar refractivity (Wildman–Crippen MR) is 66.5 cm³/mol. The van der Waals surface area contributed by atoms with Gasteiger partial charge in [0.05, 0.1) is 5.69 Å². The van der Waals surface area contributed by atoms with Crippen LogP contribution in [0.15, 0.2) is 34.5 Å². The van der Waals surface area contributed by atoms with Crippen LogP contribution in [-0.2, 0) is 0 Å². The molecule has 0 aliphatic rings. The van der Waals surface area contributed by atoms with Crippen molar-refractivity contribution in [3.63, 3.8) is 0 Å². The summed E-state index contributed by atoms with van der Waals surface area (Å²) in [6, 6.07) is 7.64. The Kier molecular flexibility index (Phi) is 3.12. The Morgan fingerprint density at radius 2 is 2.06 bits per heavy atom. The van der Waals surface area contributed by atoms with E-state index in [-0.39, 0.29) is 5.88 Å². The predicted octanol–water partition coefficient (Wildman–Crippen LogP) is 4.24. The Morgan fingerprint density at radius 1 is 1.31 bits per heavy atom. The molecule has 2 rings (SSSR count). The molecule has 0 saturated carbocycles. The zero-order valence-electron chi connectivity index (χ0n) is 8.47. The third-order valence-electron chi connectivity index (χ3n) is 1.98. The number of aromatic hydroxyl groups is 1. The van der Waals surface area contributed by atoms with Gasteiger partial charge in [0.1, 0.15) is 0 Å². The number of benzene rings is 1. The zero-order valence-corrected chi connectivity index (χ0v) is 10.1. The molecule has 0 saturated heterocycles. The van der Waals surface area contributed by atoms with E-state index < -0.39 is 0 Å². The third kappa shape index (κ3) is 2.34. The van der Waals surface area contributed by atoms with Gasteiger partial charge < -0.3 is 10.1 Å². The fourth-order valence-electron chi connectivity index (χ4n) is 1.15. The number of aromatic nitrogens is 1. The number of aromatic amines is 1. The van der Waals surface area contributed by atoms with Crippen LogP contribution in [0.1, 0.15) is 5.56 Å². The van der Waals surface area contributed by atoms with E-state index in [0.29, 0.717) is 8.96 Å². The van der Waals surface area contributed by atoms with Gasteiger partial charge in [-0.05, 0) is 30.8 Å². The van der Waals surface area contributed by atoms with Crippen molar-refractivity contribution in [1.29, 1.82) is 0 Å².